The maximum atomic E-state index is 13.7. The van der Waals surface area contributed by atoms with Crippen molar-refractivity contribution in [3.8, 4) is 0 Å². The lowest BCUT2D eigenvalue weighted by atomic mass is 9.84. The largest absolute Gasteiger partial charge is 0.481 e. The number of carboxylic acids is 1. The molecule has 0 aliphatic heterocycles. The topological polar surface area (TPSA) is 162 Å². The molecule has 0 aliphatic carbocycles. The van der Waals surface area contributed by atoms with E-state index in [9.17, 15) is 34.8 Å². The number of unbranched alkanes of at least 4 members (excludes halogenated alkanes) is 24. The fourth-order valence-corrected chi connectivity index (χ4v) is 6.28. The van der Waals surface area contributed by atoms with Crippen molar-refractivity contribution < 1.29 is 44.7 Å². The van der Waals surface area contributed by atoms with Gasteiger partial charge in [0.2, 0.25) is 11.4 Å². The van der Waals surface area contributed by atoms with E-state index in [4.69, 9.17) is 9.84 Å². The number of allylic oxidation sites excluding steroid dienone is 2. The Morgan fingerprint density at radius 3 is 1.37 bits per heavy atom. The third kappa shape index (κ3) is 25.5. The molecule has 9 nitrogen and oxygen atoms in total. The van der Waals surface area contributed by atoms with Gasteiger partial charge in [-0.2, -0.15) is 0 Å². The van der Waals surface area contributed by atoms with Gasteiger partial charge in [0.15, 0.2) is 0 Å². The number of esters is 1. The lowest BCUT2D eigenvalue weighted by Gasteiger charge is -2.36. The average molecular weight is 725 g/mol. The fraction of sp³-hybridized carbons (Fsp3) is 0.833. The Morgan fingerprint density at radius 1 is 0.588 bits per heavy atom. The second kappa shape index (κ2) is 33.7. The number of rotatable bonds is 37. The normalized spacial score (nSPS) is 14.9. The van der Waals surface area contributed by atoms with Gasteiger partial charge in [-0.1, -0.05) is 167 Å². The first-order valence-corrected chi connectivity index (χ1v) is 20.6. The van der Waals surface area contributed by atoms with Crippen LogP contribution >= 0.6 is 0 Å². The summed E-state index contributed by atoms with van der Waals surface area (Å²) in [4.78, 5) is 37.6. The highest BCUT2D eigenvalue weighted by molar-refractivity contribution is 6.01. The third-order valence-corrected chi connectivity index (χ3v) is 9.64. The summed E-state index contributed by atoms with van der Waals surface area (Å²) in [6.45, 7) is 3.56. The standard InChI is InChI=1S/C42H76O9/c1-3-5-7-9-11-13-15-17-19-21-23-25-27-29-31-37(45)42(41(50)40(49)36(44)35-43,51-39(48)33-32-38(46)47)34-30-28-26-24-22-20-18-16-14-12-10-8-6-4-2/h29-31,34,36,40-41,43-44,49-50H,3-28,32-33,35H2,1-2H3,(H,46,47)/t36-,40-,41+,42+/m1/s1. The molecule has 0 radical (unpaired) electrons. The van der Waals surface area contributed by atoms with Crippen molar-refractivity contribution in [2.24, 2.45) is 0 Å². The first-order chi connectivity index (χ1) is 24.7. The molecular weight excluding hydrogens is 648 g/mol. The molecule has 0 aromatic carbocycles. The van der Waals surface area contributed by atoms with Gasteiger partial charge in [0.05, 0.1) is 19.4 Å². The predicted octanol–water partition coefficient (Wildman–Crippen LogP) is 9.07. The highest BCUT2D eigenvalue weighted by atomic mass is 16.6. The average Bonchev–Trinajstić information content (AvgIpc) is 3.12. The van der Waals surface area contributed by atoms with Gasteiger partial charge in [0.1, 0.15) is 18.3 Å². The van der Waals surface area contributed by atoms with E-state index in [1.165, 1.54) is 121 Å². The number of aliphatic hydroxyl groups is 4. The molecule has 4 atom stereocenters. The molecule has 0 heterocycles. The number of carbonyl (C=O) groups excluding carboxylic acids is 2. The van der Waals surface area contributed by atoms with E-state index in [2.05, 4.69) is 13.8 Å². The first kappa shape index (κ1) is 48.9. The Kier molecular flexibility index (Phi) is 32.4. The molecule has 0 aliphatic rings. The van der Waals surface area contributed by atoms with E-state index in [-0.39, 0.29) is 0 Å². The van der Waals surface area contributed by atoms with E-state index in [1.54, 1.807) is 12.2 Å². The minimum atomic E-state index is -2.41. The Bertz CT molecular complexity index is 918. The summed E-state index contributed by atoms with van der Waals surface area (Å²) < 4.78 is 5.52. The number of hydrogen-bond acceptors (Lipinski definition) is 8. The smallest absolute Gasteiger partial charge is 0.307 e. The van der Waals surface area contributed by atoms with Crippen LogP contribution < -0.4 is 0 Å². The highest BCUT2D eigenvalue weighted by Gasteiger charge is 2.50. The van der Waals surface area contributed by atoms with E-state index in [1.807, 2.05) is 0 Å². The predicted molar refractivity (Wildman–Crippen MR) is 205 cm³/mol. The quantitative estimate of drug-likeness (QED) is 0.0182. The number of ketones is 1. The van der Waals surface area contributed by atoms with Crippen molar-refractivity contribution in [1.29, 1.82) is 0 Å². The van der Waals surface area contributed by atoms with Crippen molar-refractivity contribution in [3.63, 3.8) is 0 Å². The molecule has 0 fully saturated rings. The molecule has 0 unspecified atom stereocenters. The van der Waals surface area contributed by atoms with Crippen LogP contribution in [0.25, 0.3) is 0 Å². The Balaban J connectivity index is 5.26. The van der Waals surface area contributed by atoms with Gasteiger partial charge in [0, 0.05) is 0 Å². The summed E-state index contributed by atoms with van der Waals surface area (Å²) in [6, 6.07) is 0. The fourth-order valence-electron chi connectivity index (χ4n) is 6.28. The number of aliphatic hydroxyl groups excluding tert-OH is 4. The number of aliphatic carboxylic acids is 1. The van der Waals surface area contributed by atoms with Crippen molar-refractivity contribution in [2.75, 3.05) is 6.61 Å². The molecule has 51 heavy (non-hydrogen) atoms. The van der Waals surface area contributed by atoms with Gasteiger partial charge in [-0.25, -0.2) is 0 Å². The van der Waals surface area contributed by atoms with Crippen LogP contribution in [0.4, 0.5) is 0 Å². The molecular formula is C42H76O9. The van der Waals surface area contributed by atoms with Crippen LogP contribution in [0.2, 0.25) is 0 Å². The van der Waals surface area contributed by atoms with E-state index in [0.29, 0.717) is 12.8 Å². The summed E-state index contributed by atoms with van der Waals surface area (Å²) in [5.41, 5.74) is -2.41. The molecule has 0 bridgehead atoms. The van der Waals surface area contributed by atoms with Crippen LogP contribution in [0.1, 0.15) is 194 Å². The summed E-state index contributed by atoms with van der Waals surface area (Å²) in [7, 11) is 0. The molecule has 298 valence electrons. The molecule has 0 saturated carbocycles. The van der Waals surface area contributed by atoms with Crippen LogP contribution in [0.3, 0.4) is 0 Å². The Morgan fingerprint density at radius 2 is 0.980 bits per heavy atom. The lowest BCUT2D eigenvalue weighted by Crippen LogP contribution is -2.58. The Labute approximate surface area is 310 Å². The molecule has 9 heteroatoms. The van der Waals surface area contributed by atoms with Gasteiger partial charge in [0.25, 0.3) is 0 Å². The summed E-state index contributed by atoms with van der Waals surface area (Å²) in [6.07, 6.45) is 28.6. The summed E-state index contributed by atoms with van der Waals surface area (Å²) >= 11 is 0. The molecule has 0 saturated heterocycles. The van der Waals surface area contributed by atoms with Crippen molar-refractivity contribution >= 4 is 17.7 Å². The number of hydrogen-bond donors (Lipinski definition) is 5. The van der Waals surface area contributed by atoms with Crippen LogP contribution in [0.5, 0.6) is 0 Å². The van der Waals surface area contributed by atoms with E-state index >= 15 is 0 Å². The zero-order valence-corrected chi connectivity index (χ0v) is 32.4. The molecule has 0 aromatic heterocycles. The van der Waals surface area contributed by atoms with Crippen molar-refractivity contribution in [2.45, 2.75) is 218 Å². The molecule has 0 spiro atoms. The monoisotopic (exact) mass is 725 g/mol. The lowest BCUT2D eigenvalue weighted by molar-refractivity contribution is -0.186. The second-order valence-corrected chi connectivity index (χ2v) is 14.4. The van der Waals surface area contributed by atoms with Crippen molar-refractivity contribution in [3.05, 3.63) is 24.3 Å². The zero-order chi connectivity index (χ0) is 38.0. The van der Waals surface area contributed by atoms with Crippen LogP contribution in [0, 0.1) is 0 Å². The molecule has 0 amide bonds. The minimum absolute atomic E-state index is 0.521. The van der Waals surface area contributed by atoms with Crippen molar-refractivity contribution in [1.82, 2.24) is 0 Å². The maximum Gasteiger partial charge on any atom is 0.307 e. The first-order valence-electron chi connectivity index (χ1n) is 20.6. The SMILES string of the molecule is CCCCCCCCCCCCCCC=CC(=O)[C@](C=CCCCCCCCCCCCCCC)(OC(=O)CCC(=O)O)[C@@H](O)[C@H](O)[C@H](O)CO. The van der Waals surface area contributed by atoms with E-state index < -0.39 is 61.1 Å². The summed E-state index contributed by atoms with van der Waals surface area (Å²) in [5, 5.41) is 50.5. The molecule has 0 rings (SSSR count). The summed E-state index contributed by atoms with van der Waals surface area (Å²) in [5.74, 6) is -3.09. The number of carboxylic acid groups (broad SMARTS) is 1. The van der Waals surface area contributed by atoms with Gasteiger partial charge in [-0.15, -0.1) is 0 Å². The molecule has 5 N–H and O–H groups in total. The van der Waals surface area contributed by atoms with Gasteiger partial charge >= 0.3 is 11.9 Å². The Hall–Kier alpha value is -2.07. The maximum absolute atomic E-state index is 13.7. The van der Waals surface area contributed by atoms with Crippen LogP contribution in [-0.2, 0) is 19.1 Å². The highest BCUT2D eigenvalue weighted by Crippen LogP contribution is 2.27. The van der Waals surface area contributed by atoms with Crippen LogP contribution in [-0.4, -0.2) is 73.8 Å². The van der Waals surface area contributed by atoms with Gasteiger partial charge in [-0.3, -0.25) is 14.4 Å². The zero-order valence-electron chi connectivity index (χ0n) is 32.4. The van der Waals surface area contributed by atoms with Crippen LogP contribution in [0.15, 0.2) is 24.3 Å². The minimum Gasteiger partial charge on any atom is -0.481 e. The number of carbonyl (C=O) groups is 3. The number of ether oxygens (including phenoxy) is 1. The second-order valence-electron chi connectivity index (χ2n) is 14.4. The third-order valence-electron chi connectivity index (χ3n) is 9.64. The van der Waals surface area contributed by atoms with Gasteiger partial charge < -0.3 is 30.3 Å². The van der Waals surface area contributed by atoms with Gasteiger partial charge in [-0.05, 0) is 37.8 Å². The molecule has 0 aromatic rings. The van der Waals surface area contributed by atoms with E-state index in [0.717, 1.165) is 44.9 Å².